The van der Waals surface area contributed by atoms with Crippen LogP contribution in [0.1, 0.15) is 32.5 Å². The highest BCUT2D eigenvalue weighted by molar-refractivity contribution is 5.88. The molecule has 0 unspecified atom stereocenters. The van der Waals surface area contributed by atoms with Gasteiger partial charge in [0, 0.05) is 19.4 Å². The topological polar surface area (TPSA) is 82.7 Å². The fourth-order valence-electron chi connectivity index (χ4n) is 1.20. The Morgan fingerprint density at radius 3 is 2.81 bits per heavy atom. The minimum atomic E-state index is -0.0646. The average molecular weight is 225 g/mol. The number of H-pyrrole nitrogens is 1. The first-order valence-electron chi connectivity index (χ1n) is 5.68. The lowest BCUT2D eigenvalue weighted by atomic mass is 10.4. The first-order valence-corrected chi connectivity index (χ1v) is 5.68. The molecule has 0 fully saturated rings. The molecule has 16 heavy (non-hydrogen) atoms. The Hall–Kier alpha value is -1.43. The zero-order valence-corrected chi connectivity index (χ0v) is 9.84. The van der Waals surface area contributed by atoms with Crippen molar-refractivity contribution in [3.63, 3.8) is 0 Å². The second-order valence-corrected chi connectivity index (χ2v) is 3.51. The summed E-state index contributed by atoms with van der Waals surface area (Å²) >= 11 is 0. The summed E-state index contributed by atoms with van der Waals surface area (Å²) < 4.78 is 0. The van der Waals surface area contributed by atoms with Crippen molar-refractivity contribution in [1.29, 1.82) is 0 Å². The molecule has 90 valence electrons. The first-order chi connectivity index (χ1) is 7.76. The van der Waals surface area contributed by atoms with Crippen molar-refractivity contribution in [3.8, 4) is 0 Å². The van der Waals surface area contributed by atoms with Crippen molar-refractivity contribution < 1.29 is 4.79 Å². The molecule has 0 aliphatic rings. The maximum atomic E-state index is 11.4. The van der Waals surface area contributed by atoms with Gasteiger partial charge in [0.25, 0.3) is 0 Å². The maximum Gasteiger partial charge on any atom is 0.248 e. The lowest BCUT2D eigenvalue weighted by Crippen LogP contribution is -2.22. The Balaban J connectivity index is 2.23. The molecule has 3 N–H and O–H groups in total. The van der Waals surface area contributed by atoms with Crippen LogP contribution in [0.2, 0.25) is 0 Å². The monoisotopic (exact) mass is 225 g/mol. The lowest BCUT2D eigenvalue weighted by molar-refractivity contribution is -0.116. The molecule has 0 saturated carbocycles. The average Bonchev–Trinajstić information content (AvgIpc) is 2.72. The first kappa shape index (κ1) is 12.6. The number of nitrogens with one attached hydrogen (secondary N) is 3. The zero-order valence-electron chi connectivity index (χ0n) is 9.84. The van der Waals surface area contributed by atoms with Crippen LogP contribution in [0.15, 0.2) is 0 Å². The number of carbonyl (C=O) groups excluding carboxylic acids is 1. The van der Waals surface area contributed by atoms with Gasteiger partial charge in [0.2, 0.25) is 11.9 Å². The molecule has 0 radical (unpaired) electrons. The number of carbonyl (C=O) groups is 1. The van der Waals surface area contributed by atoms with E-state index >= 15 is 0 Å². The quantitative estimate of drug-likeness (QED) is 0.596. The summed E-state index contributed by atoms with van der Waals surface area (Å²) in [7, 11) is 0. The van der Waals surface area contributed by atoms with Crippen LogP contribution in [0.5, 0.6) is 0 Å². The Labute approximate surface area is 95.2 Å². The lowest BCUT2D eigenvalue weighted by Gasteiger charge is -2.02. The molecule has 0 aromatic carbocycles. The molecular formula is C10H19N5O. The van der Waals surface area contributed by atoms with Crippen LogP contribution < -0.4 is 10.6 Å². The highest BCUT2D eigenvalue weighted by atomic mass is 16.1. The SMILES string of the molecule is CCCNCCC(=O)Nc1n[nH]c(CC)n1. The van der Waals surface area contributed by atoms with E-state index in [1.54, 1.807) is 0 Å². The van der Waals surface area contributed by atoms with Gasteiger partial charge in [-0.25, -0.2) is 0 Å². The van der Waals surface area contributed by atoms with Gasteiger partial charge in [0.05, 0.1) is 0 Å². The van der Waals surface area contributed by atoms with Gasteiger partial charge in [-0.1, -0.05) is 13.8 Å². The Bertz CT molecular complexity index is 323. The molecule has 0 aliphatic carbocycles. The van der Waals surface area contributed by atoms with E-state index in [9.17, 15) is 4.79 Å². The van der Waals surface area contributed by atoms with Gasteiger partial charge in [0.1, 0.15) is 5.82 Å². The molecule has 1 amide bonds. The Morgan fingerprint density at radius 2 is 2.19 bits per heavy atom. The Kier molecular flexibility index (Phi) is 5.49. The second-order valence-electron chi connectivity index (χ2n) is 3.51. The molecule has 0 bridgehead atoms. The third-order valence-corrected chi connectivity index (χ3v) is 2.07. The van der Waals surface area contributed by atoms with Crippen LogP contribution in [0.3, 0.4) is 0 Å². The molecule has 1 rings (SSSR count). The summed E-state index contributed by atoms with van der Waals surface area (Å²) in [4.78, 5) is 15.5. The van der Waals surface area contributed by atoms with Crippen molar-refractivity contribution in [1.82, 2.24) is 20.5 Å². The van der Waals surface area contributed by atoms with Crippen LogP contribution in [-0.2, 0) is 11.2 Å². The molecule has 0 aliphatic heterocycles. The molecule has 1 heterocycles. The van der Waals surface area contributed by atoms with E-state index in [1.807, 2.05) is 6.92 Å². The zero-order chi connectivity index (χ0) is 11.8. The number of hydrogen-bond acceptors (Lipinski definition) is 4. The van der Waals surface area contributed by atoms with E-state index in [-0.39, 0.29) is 5.91 Å². The van der Waals surface area contributed by atoms with Gasteiger partial charge in [-0.3, -0.25) is 15.2 Å². The summed E-state index contributed by atoms with van der Waals surface area (Å²) in [6.45, 7) is 5.69. The number of hydrogen-bond donors (Lipinski definition) is 3. The van der Waals surface area contributed by atoms with Crippen molar-refractivity contribution in [2.75, 3.05) is 18.4 Å². The molecule has 6 heteroatoms. The van der Waals surface area contributed by atoms with E-state index in [0.29, 0.717) is 18.9 Å². The van der Waals surface area contributed by atoms with E-state index in [1.165, 1.54) is 0 Å². The molecule has 1 aromatic rings. The number of aromatic amines is 1. The second kappa shape index (κ2) is 6.95. The standard InChI is InChI=1S/C10H19N5O/c1-3-6-11-7-5-9(16)13-10-12-8(4-2)14-15-10/h11H,3-7H2,1-2H3,(H2,12,13,14,15,16). The van der Waals surface area contributed by atoms with Crippen LogP contribution in [0, 0.1) is 0 Å². The largest absolute Gasteiger partial charge is 0.316 e. The summed E-state index contributed by atoms with van der Waals surface area (Å²) in [6.07, 6.45) is 2.29. The smallest absolute Gasteiger partial charge is 0.248 e. The summed E-state index contributed by atoms with van der Waals surface area (Å²) in [5.41, 5.74) is 0. The minimum absolute atomic E-state index is 0.0646. The fraction of sp³-hybridized carbons (Fsp3) is 0.700. The van der Waals surface area contributed by atoms with E-state index in [2.05, 4.69) is 32.7 Å². The van der Waals surface area contributed by atoms with Crippen molar-refractivity contribution >= 4 is 11.9 Å². The molecule has 1 aromatic heterocycles. The van der Waals surface area contributed by atoms with Crippen LogP contribution in [0.4, 0.5) is 5.95 Å². The molecule has 0 spiro atoms. The van der Waals surface area contributed by atoms with Crippen LogP contribution >= 0.6 is 0 Å². The highest BCUT2D eigenvalue weighted by Gasteiger charge is 2.05. The third kappa shape index (κ3) is 4.39. The van der Waals surface area contributed by atoms with Gasteiger partial charge in [-0.15, -0.1) is 5.10 Å². The van der Waals surface area contributed by atoms with Gasteiger partial charge in [0.15, 0.2) is 0 Å². The van der Waals surface area contributed by atoms with Crippen molar-refractivity contribution in [2.24, 2.45) is 0 Å². The number of nitrogens with zero attached hydrogens (tertiary/aromatic N) is 2. The molecule has 0 atom stereocenters. The predicted octanol–water partition coefficient (Wildman–Crippen LogP) is 0.695. The number of anilines is 1. The summed E-state index contributed by atoms with van der Waals surface area (Å²) in [5, 5.41) is 12.4. The van der Waals surface area contributed by atoms with Gasteiger partial charge >= 0.3 is 0 Å². The molecule has 6 nitrogen and oxygen atoms in total. The summed E-state index contributed by atoms with van der Waals surface area (Å²) in [5.74, 6) is 1.07. The van der Waals surface area contributed by atoms with Gasteiger partial charge < -0.3 is 5.32 Å². The van der Waals surface area contributed by atoms with E-state index in [4.69, 9.17) is 0 Å². The van der Waals surface area contributed by atoms with Crippen molar-refractivity contribution in [3.05, 3.63) is 5.82 Å². The van der Waals surface area contributed by atoms with Crippen LogP contribution in [0.25, 0.3) is 0 Å². The number of rotatable bonds is 7. The highest BCUT2D eigenvalue weighted by Crippen LogP contribution is 1.99. The molecular weight excluding hydrogens is 206 g/mol. The van der Waals surface area contributed by atoms with Crippen LogP contribution in [-0.4, -0.2) is 34.2 Å². The number of aromatic nitrogens is 3. The van der Waals surface area contributed by atoms with E-state index < -0.39 is 0 Å². The minimum Gasteiger partial charge on any atom is -0.316 e. The normalized spacial score (nSPS) is 10.4. The third-order valence-electron chi connectivity index (χ3n) is 2.07. The molecule has 0 saturated heterocycles. The number of aryl methyl sites for hydroxylation is 1. The predicted molar refractivity (Wildman–Crippen MR) is 62.2 cm³/mol. The van der Waals surface area contributed by atoms with E-state index in [0.717, 1.165) is 25.2 Å². The van der Waals surface area contributed by atoms with Crippen molar-refractivity contribution in [2.45, 2.75) is 33.1 Å². The summed E-state index contributed by atoms with van der Waals surface area (Å²) in [6, 6.07) is 0. The fourth-order valence-corrected chi connectivity index (χ4v) is 1.20. The maximum absolute atomic E-state index is 11.4. The van der Waals surface area contributed by atoms with Gasteiger partial charge in [-0.05, 0) is 13.0 Å². The number of amides is 1. The van der Waals surface area contributed by atoms with Gasteiger partial charge in [-0.2, -0.15) is 4.98 Å². The Morgan fingerprint density at radius 1 is 1.38 bits per heavy atom.